The molecule has 0 aliphatic carbocycles. The van der Waals surface area contributed by atoms with Gasteiger partial charge in [0.2, 0.25) is 0 Å². The summed E-state index contributed by atoms with van der Waals surface area (Å²) in [6, 6.07) is 0. The molecule has 1 saturated heterocycles. The Morgan fingerprint density at radius 3 is 2.14 bits per heavy atom. The summed E-state index contributed by atoms with van der Waals surface area (Å²) in [5.74, 6) is 1.06. The van der Waals surface area contributed by atoms with E-state index in [1.54, 1.807) is 0 Å². The summed E-state index contributed by atoms with van der Waals surface area (Å²) in [7, 11) is -6.09. The summed E-state index contributed by atoms with van der Waals surface area (Å²) in [6.45, 7) is 8.95. The van der Waals surface area contributed by atoms with Gasteiger partial charge in [-0.1, -0.05) is 33.1 Å². The Morgan fingerprint density at radius 2 is 1.71 bits per heavy atom. The van der Waals surface area contributed by atoms with Gasteiger partial charge in [-0.2, -0.15) is 13.2 Å². The molecular weight excluding hydrogens is 307 g/mol. The van der Waals surface area contributed by atoms with Gasteiger partial charge in [0, 0.05) is 12.3 Å². The topological polar surface area (TPSA) is 61.6 Å². The number of rotatable bonds is 6. The van der Waals surface area contributed by atoms with Crippen molar-refractivity contribution in [1.29, 1.82) is 0 Å². The molecule has 8 heteroatoms. The van der Waals surface area contributed by atoms with E-state index in [1.165, 1.54) is 58.2 Å². The molecule has 1 rings (SSSR count). The van der Waals surface area contributed by atoms with Crippen molar-refractivity contribution >= 4 is 10.1 Å². The zero-order valence-electron chi connectivity index (χ0n) is 12.7. The normalized spacial score (nSPS) is 22.8. The van der Waals surface area contributed by atoms with Crippen molar-refractivity contribution < 1.29 is 31.0 Å². The first kappa shape index (κ1) is 20.7. The van der Waals surface area contributed by atoms with E-state index >= 15 is 0 Å². The fraction of sp³-hybridized carbons (Fsp3) is 1.00. The van der Waals surface area contributed by atoms with Crippen LogP contribution in [0, 0.1) is 5.92 Å². The van der Waals surface area contributed by atoms with Crippen LogP contribution in [0.4, 0.5) is 13.2 Å². The lowest BCUT2D eigenvalue weighted by molar-refractivity contribution is -0.889. The minimum Gasteiger partial charge on any atom is -0.741 e. The Balaban J connectivity index is 0.000000433. The average molecular weight is 333 g/mol. The smallest absolute Gasteiger partial charge is 0.485 e. The van der Waals surface area contributed by atoms with E-state index in [0.29, 0.717) is 0 Å². The summed E-state index contributed by atoms with van der Waals surface area (Å²) in [6.07, 6.45) is 8.61. The maximum atomic E-state index is 10.7. The molecule has 1 heterocycles. The Hall–Kier alpha value is -0.340. The Morgan fingerprint density at radius 1 is 1.19 bits per heavy atom. The molecule has 1 fully saturated rings. The predicted molar refractivity (Wildman–Crippen MR) is 73.9 cm³/mol. The van der Waals surface area contributed by atoms with Crippen molar-refractivity contribution in [1.82, 2.24) is 0 Å². The van der Waals surface area contributed by atoms with Gasteiger partial charge in [0.05, 0.1) is 19.6 Å². The molecule has 0 bridgehead atoms. The molecule has 2 unspecified atom stereocenters. The van der Waals surface area contributed by atoms with Crippen molar-refractivity contribution in [2.45, 2.75) is 57.9 Å². The molecule has 21 heavy (non-hydrogen) atoms. The molecule has 1 aliphatic rings. The molecule has 0 spiro atoms. The maximum absolute atomic E-state index is 10.7. The molecule has 0 aromatic heterocycles. The van der Waals surface area contributed by atoms with Crippen LogP contribution in [-0.2, 0) is 10.1 Å². The minimum absolute atomic E-state index is 1.06. The van der Waals surface area contributed by atoms with Gasteiger partial charge in [0.15, 0.2) is 10.1 Å². The Kier molecular flexibility index (Phi) is 9.48. The fourth-order valence-electron chi connectivity index (χ4n) is 2.41. The van der Waals surface area contributed by atoms with Crippen LogP contribution in [0.5, 0.6) is 0 Å². The SMILES string of the molecule is CCCCC1CC[NH+](CCCC)C1.O=S(=O)([O-])C(F)(F)F. The lowest BCUT2D eigenvalue weighted by atomic mass is 10.0. The molecule has 0 saturated carbocycles. The first-order chi connectivity index (χ1) is 9.61. The molecule has 0 aromatic carbocycles. The zero-order valence-corrected chi connectivity index (χ0v) is 13.5. The molecule has 0 amide bonds. The van der Waals surface area contributed by atoms with Gasteiger partial charge in [0.25, 0.3) is 0 Å². The zero-order chi connectivity index (χ0) is 16.5. The summed E-state index contributed by atoms with van der Waals surface area (Å²) in [5.41, 5.74) is -5.65. The van der Waals surface area contributed by atoms with Gasteiger partial charge in [-0.3, -0.25) is 0 Å². The summed E-state index contributed by atoms with van der Waals surface area (Å²) in [5, 5.41) is 0. The third kappa shape index (κ3) is 9.31. The van der Waals surface area contributed by atoms with Crippen molar-refractivity contribution in [3.8, 4) is 0 Å². The van der Waals surface area contributed by atoms with Gasteiger partial charge in [-0.25, -0.2) is 8.42 Å². The van der Waals surface area contributed by atoms with Crippen molar-refractivity contribution in [2.75, 3.05) is 19.6 Å². The van der Waals surface area contributed by atoms with Gasteiger partial charge >= 0.3 is 5.51 Å². The molecular formula is C13H26F3NO3S. The van der Waals surface area contributed by atoms with E-state index in [9.17, 15) is 13.2 Å². The van der Waals surface area contributed by atoms with Crippen LogP contribution in [0.15, 0.2) is 0 Å². The van der Waals surface area contributed by atoms with Gasteiger partial charge in [-0.05, 0) is 12.8 Å². The predicted octanol–water partition coefficient (Wildman–Crippen LogP) is 1.93. The molecule has 2 atom stereocenters. The van der Waals surface area contributed by atoms with Crippen molar-refractivity contribution in [2.24, 2.45) is 5.92 Å². The highest BCUT2D eigenvalue weighted by molar-refractivity contribution is 7.86. The van der Waals surface area contributed by atoms with E-state index in [-0.39, 0.29) is 0 Å². The standard InChI is InChI=1S/C12H25N.CHF3O3S/c1-3-5-7-12-8-10-13(11-12)9-6-4-2;2-1(3,4)8(5,6)7/h12H,3-11H2,1-2H3;(H,5,6,7). The van der Waals surface area contributed by atoms with Gasteiger partial charge in [0.1, 0.15) is 0 Å². The second-order valence-electron chi connectivity index (χ2n) is 5.50. The van der Waals surface area contributed by atoms with Crippen LogP contribution in [0.1, 0.15) is 52.4 Å². The quantitative estimate of drug-likeness (QED) is 0.597. The van der Waals surface area contributed by atoms with E-state index < -0.39 is 15.6 Å². The van der Waals surface area contributed by atoms with E-state index in [0.717, 1.165) is 5.92 Å². The highest BCUT2D eigenvalue weighted by atomic mass is 32.2. The second-order valence-corrected chi connectivity index (χ2v) is 6.88. The molecule has 128 valence electrons. The van der Waals surface area contributed by atoms with Crippen molar-refractivity contribution in [3.63, 3.8) is 0 Å². The minimum atomic E-state index is -6.09. The first-order valence-corrected chi connectivity index (χ1v) is 8.88. The first-order valence-electron chi connectivity index (χ1n) is 7.47. The van der Waals surface area contributed by atoms with Gasteiger partial charge < -0.3 is 9.45 Å². The molecule has 0 aromatic rings. The lowest BCUT2D eigenvalue weighted by Crippen LogP contribution is -3.10. The van der Waals surface area contributed by atoms with Crippen LogP contribution in [0.25, 0.3) is 0 Å². The summed E-state index contributed by atoms with van der Waals surface area (Å²) in [4.78, 5) is 1.88. The number of alkyl halides is 3. The van der Waals surface area contributed by atoms with E-state index in [2.05, 4.69) is 13.8 Å². The fourth-order valence-corrected chi connectivity index (χ4v) is 2.41. The highest BCUT2D eigenvalue weighted by Crippen LogP contribution is 2.20. The number of halogens is 3. The van der Waals surface area contributed by atoms with Gasteiger partial charge in [-0.15, -0.1) is 0 Å². The average Bonchev–Trinajstić information content (AvgIpc) is 2.80. The number of quaternary nitrogens is 1. The van der Waals surface area contributed by atoms with E-state index in [1.807, 2.05) is 4.90 Å². The molecule has 0 radical (unpaired) electrons. The van der Waals surface area contributed by atoms with Crippen LogP contribution >= 0.6 is 0 Å². The molecule has 4 nitrogen and oxygen atoms in total. The number of nitrogens with one attached hydrogen (secondary N) is 1. The Labute approximate surface area is 125 Å². The number of hydrogen-bond acceptors (Lipinski definition) is 3. The summed E-state index contributed by atoms with van der Waals surface area (Å²) < 4.78 is 58.9. The van der Waals surface area contributed by atoms with Crippen LogP contribution in [0.3, 0.4) is 0 Å². The number of likely N-dealkylation sites (tertiary alicyclic amines) is 1. The Bertz CT molecular complexity index is 357. The highest BCUT2D eigenvalue weighted by Gasteiger charge is 2.36. The van der Waals surface area contributed by atoms with E-state index in [4.69, 9.17) is 13.0 Å². The van der Waals surface area contributed by atoms with Crippen molar-refractivity contribution in [3.05, 3.63) is 0 Å². The second kappa shape index (κ2) is 9.63. The third-order valence-electron chi connectivity index (χ3n) is 3.62. The number of unbranched alkanes of at least 4 members (excludes halogenated alkanes) is 2. The molecule has 1 aliphatic heterocycles. The molecule has 1 N–H and O–H groups in total. The largest absolute Gasteiger partial charge is 0.741 e. The lowest BCUT2D eigenvalue weighted by Gasteiger charge is -2.12. The maximum Gasteiger partial charge on any atom is 0.485 e. The third-order valence-corrected chi connectivity index (χ3v) is 4.18. The van der Waals surface area contributed by atoms with Crippen LogP contribution < -0.4 is 4.90 Å². The number of hydrogen-bond donors (Lipinski definition) is 1. The van der Waals surface area contributed by atoms with Crippen LogP contribution in [0.2, 0.25) is 0 Å². The monoisotopic (exact) mass is 333 g/mol. The summed E-state index contributed by atoms with van der Waals surface area (Å²) >= 11 is 0. The van der Waals surface area contributed by atoms with Crippen LogP contribution in [-0.4, -0.2) is 38.1 Å².